The summed E-state index contributed by atoms with van der Waals surface area (Å²) in [7, 11) is 0. The van der Waals surface area contributed by atoms with E-state index in [2.05, 4.69) is 10.6 Å². The number of carbonyl (C=O) groups is 3. The largest absolute Gasteiger partial charge is 0.491 e. The Bertz CT molecular complexity index is 882. The number of fused-ring (bicyclic) bond motifs is 1. The molecule has 10 nitrogen and oxygen atoms in total. The molecular formula is C26H41N5O5. The van der Waals surface area contributed by atoms with Gasteiger partial charge >= 0.3 is 0 Å². The Balaban J connectivity index is 1.82. The summed E-state index contributed by atoms with van der Waals surface area (Å²) >= 11 is 0. The Morgan fingerprint density at radius 1 is 1.11 bits per heavy atom. The number of aliphatic hydroxyl groups is 1. The van der Waals surface area contributed by atoms with Crippen molar-refractivity contribution in [1.82, 2.24) is 15.5 Å². The van der Waals surface area contributed by atoms with Crippen molar-refractivity contribution in [3.63, 3.8) is 0 Å². The van der Waals surface area contributed by atoms with E-state index in [1.807, 2.05) is 6.07 Å². The molecule has 1 aromatic carbocycles. The zero-order valence-electron chi connectivity index (χ0n) is 21.0. The third-order valence-electron chi connectivity index (χ3n) is 6.94. The molecule has 200 valence electrons. The second-order valence-corrected chi connectivity index (χ2v) is 9.53. The van der Waals surface area contributed by atoms with Crippen molar-refractivity contribution in [3.05, 3.63) is 29.8 Å². The SMILES string of the molecule is NCCCCCCNC(=O)[C@H]1C[C@H]2C(=O)N[C@@H](CCCCN)C(=O)N2[C@H]1c1cccc(OCCO)c1. The maximum absolute atomic E-state index is 13.6. The lowest BCUT2D eigenvalue weighted by molar-refractivity contribution is -0.149. The average Bonchev–Trinajstić information content (AvgIpc) is 3.30. The van der Waals surface area contributed by atoms with Crippen molar-refractivity contribution >= 4 is 17.7 Å². The molecule has 4 atom stereocenters. The first kappa shape index (κ1) is 27.9. The predicted molar refractivity (Wildman–Crippen MR) is 136 cm³/mol. The van der Waals surface area contributed by atoms with E-state index < -0.39 is 24.0 Å². The molecule has 0 bridgehead atoms. The number of rotatable bonds is 15. The summed E-state index contributed by atoms with van der Waals surface area (Å²) in [4.78, 5) is 41.6. The van der Waals surface area contributed by atoms with Crippen LogP contribution in [-0.4, -0.2) is 72.7 Å². The van der Waals surface area contributed by atoms with Crippen molar-refractivity contribution in [3.8, 4) is 5.75 Å². The van der Waals surface area contributed by atoms with Crippen LogP contribution in [0.4, 0.5) is 0 Å². The van der Waals surface area contributed by atoms with Crippen LogP contribution in [0.2, 0.25) is 0 Å². The van der Waals surface area contributed by atoms with E-state index in [0.717, 1.165) is 44.1 Å². The summed E-state index contributed by atoms with van der Waals surface area (Å²) in [6.45, 7) is 1.75. The van der Waals surface area contributed by atoms with Gasteiger partial charge in [0.2, 0.25) is 17.7 Å². The lowest BCUT2D eigenvalue weighted by Gasteiger charge is -2.38. The molecular weight excluding hydrogens is 462 g/mol. The highest BCUT2D eigenvalue weighted by atomic mass is 16.5. The number of aliphatic hydroxyl groups excluding tert-OH is 1. The molecule has 3 amide bonds. The van der Waals surface area contributed by atoms with E-state index in [1.54, 1.807) is 23.1 Å². The van der Waals surface area contributed by atoms with Crippen LogP contribution in [-0.2, 0) is 14.4 Å². The monoisotopic (exact) mass is 503 g/mol. The number of ether oxygens (including phenoxy) is 1. The van der Waals surface area contributed by atoms with Crippen LogP contribution in [0.25, 0.3) is 0 Å². The highest BCUT2D eigenvalue weighted by Gasteiger charge is 2.54. The number of piperazine rings is 1. The maximum atomic E-state index is 13.6. The number of nitrogens with zero attached hydrogens (tertiary/aromatic N) is 1. The maximum Gasteiger partial charge on any atom is 0.246 e. The zero-order valence-corrected chi connectivity index (χ0v) is 21.0. The zero-order chi connectivity index (χ0) is 25.9. The van der Waals surface area contributed by atoms with E-state index in [-0.39, 0.29) is 37.4 Å². The smallest absolute Gasteiger partial charge is 0.246 e. The van der Waals surface area contributed by atoms with Crippen molar-refractivity contribution in [1.29, 1.82) is 0 Å². The van der Waals surface area contributed by atoms with Gasteiger partial charge in [-0.3, -0.25) is 14.4 Å². The normalized spacial score (nSPS) is 23.4. The molecule has 0 spiro atoms. The average molecular weight is 504 g/mol. The van der Waals surface area contributed by atoms with Crippen LogP contribution in [0.1, 0.15) is 63.0 Å². The molecule has 3 rings (SSSR count). The molecule has 7 N–H and O–H groups in total. The van der Waals surface area contributed by atoms with E-state index in [4.69, 9.17) is 21.3 Å². The van der Waals surface area contributed by atoms with Gasteiger partial charge in [0.15, 0.2) is 0 Å². The van der Waals surface area contributed by atoms with Gasteiger partial charge in [-0.25, -0.2) is 0 Å². The van der Waals surface area contributed by atoms with Gasteiger partial charge in [-0.15, -0.1) is 0 Å². The summed E-state index contributed by atoms with van der Waals surface area (Å²) in [6.07, 6.45) is 6.10. The fourth-order valence-corrected chi connectivity index (χ4v) is 5.15. The van der Waals surface area contributed by atoms with Gasteiger partial charge in [0.05, 0.1) is 18.6 Å². The van der Waals surface area contributed by atoms with Crippen molar-refractivity contribution < 1.29 is 24.2 Å². The second-order valence-electron chi connectivity index (χ2n) is 9.53. The van der Waals surface area contributed by atoms with Gasteiger partial charge in [0.25, 0.3) is 0 Å². The first-order chi connectivity index (χ1) is 17.5. The van der Waals surface area contributed by atoms with Gasteiger partial charge in [-0.05, 0) is 69.3 Å². The quantitative estimate of drug-likeness (QED) is 0.219. The molecule has 0 aliphatic carbocycles. The minimum Gasteiger partial charge on any atom is -0.491 e. The van der Waals surface area contributed by atoms with Crippen molar-refractivity contribution in [2.24, 2.45) is 17.4 Å². The Morgan fingerprint density at radius 3 is 2.61 bits per heavy atom. The minimum absolute atomic E-state index is 0.124. The molecule has 2 aliphatic heterocycles. The number of hydrogen-bond acceptors (Lipinski definition) is 7. The number of nitrogens with one attached hydrogen (secondary N) is 2. The van der Waals surface area contributed by atoms with Crippen LogP contribution in [0, 0.1) is 5.92 Å². The van der Waals surface area contributed by atoms with Crippen molar-refractivity contribution in [2.45, 2.75) is 69.5 Å². The Morgan fingerprint density at radius 2 is 1.86 bits per heavy atom. The number of amides is 3. The molecule has 36 heavy (non-hydrogen) atoms. The second kappa shape index (κ2) is 14.2. The molecule has 2 heterocycles. The van der Waals surface area contributed by atoms with E-state index >= 15 is 0 Å². The molecule has 1 aromatic rings. The molecule has 10 heteroatoms. The molecule has 2 fully saturated rings. The van der Waals surface area contributed by atoms with Crippen LogP contribution >= 0.6 is 0 Å². The summed E-state index contributed by atoms with van der Waals surface area (Å²) in [5.41, 5.74) is 11.9. The minimum atomic E-state index is -0.699. The van der Waals surface area contributed by atoms with Gasteiger partial charge < -0.3 is 36.8 Å². The van der Waals surface area contributed by atoms with E-state index in [1.165, 1.54) is 0 Å². The highest BCUT2D eigenvalue weighted by Crippen LogP contribution is 2.44. The Hall–Kier alpha value is -2.69. The summed E-state index contributed by atoms with van der Waals surface area (Å²) < 4.78 is 5.58. The van der Waals surface area contributed by atoms with Gasteiger partial charge in [-0.1, -0.05) is 25.0 Å². The molecule has 0 aromatic heterocycles. The first-order valence-corrected chi connectivity index (χ1v) is 13.2. The fourth-order valence-electron chi connectivity index (χ4n) is 5.15. The van der Waals surface area contributed by atoms with Crippen LogP contribution in [0.3, 0.4) is 0 Å². The number of nitrogens with two attached hydrogens (primary N) is 2. The first-order valence-electron chi connectivity index (χ1n) is 13.2. The Kier molecular flexibility index (Phi) is 11.0. The number of unbranched alkanes of at least 4 members (excludes halogenated alkanes) is 4. The topological polar surface area (TPSA) is 160 Å². The number of benzene rings is 1. The van der Waals surface area contributed by atoms with E-state index in [0.29, 0.717) is 31.8 Å². The van der Waals surface area contributed by atoms with Crippen LogP contribution in [0.5, 0.6) is 5.75 Å². The van der Waals surface area contributed by atoms with E-state index in [9.17, 15) is 14.4 Å². The van der Waals surface area contributed by atoms with Crippen molar-refractivity contribution in [2.75, 3.05) is 32.8 Å². The Labute approximate surface area is 213 Å². The highest BCUT2D eigenvalue weighted by molar-refractivity contribution is 5.99. The molecule has 0 saturated carbocycles. The van der Waals surface area contributed by atoms with Gasteiger partial charge in [0, 0.05) is 6.54 Å². The molecule has 0 radical (unpaired) electrons. The lowest BCUT2D eigenvalue weighted by Crippen LogP contribution is -2.61. The molecule has 0 unspecified atom stereocenters. The standard InChI is InChI=1S/C26H41N5O5/c27-11-4-1-2-6-13-29-24(33)20-17-22-25(34)30-21(10-3-5-12-28)26(35)31(22)23(20)18-8-7-9-19(16-18)36-15-14-32/h7-9,16,20-23,32H,1-6,10-15,17,27-28H2,(H,29,33)(H,30,34)/t20-,21-,22-,23-/m0/s1. The third-order valence-corrected chi connectivity index (χ3v) is 6.94. The number of hydrogen-bond donors (Lipinski definition) is 5. The van der Waals surface area contributed by atoms with Gasteiger partial charge in [-0.2, -0.15) is 0 Å². The third kappa shape index (κ3) is 6.96. The summed E-state index contributed by atoms with van der Waals surface area (Å²) in [5, 5.41) is 15.0. The molecule has 2 saturated heterocycles. The summed E-state index contributed by atoms with van der Waals surface area (Å²) in [5.74, 6) is -0.570. The van der Waals surface area contributed by atoms with Gasteiger partial charge in [0.1, 0.15) is 24.4 Å². The van der Waals surface area contributed by atoms with Crippen LogP contribution in [0.15, 0.2) is 24.3 Å². The predicted octanol–water partition coefficient (Wildman–Crippen LogP) is 0.579. The molecule has 2 aliphatic rings. The lowest BCUT2D eigenvalue weighted by atomic mass is 9.92. The fraction of sp³-hybridized carbons (Fsp3) is 0.654. The number of carbonyl (C=O) groups excluding carboxylic acids is 3. The summed E-state index contributed by atoms with van der Waals surface area (Å²) in [6, 6.07) is 5.31. The van der Waals surface area contributed by atoms with Crippen LogP contribution < -0.4 is 26.8 Å².